The van der Waals surface area contributed by atoms with Gasteiger partial charge in [-0.05, 0) is 50.1 Å². The molecule has 0 aliphatic carbocycles. The Hall–Kier alpha value is -1.74. The van der Waals surface area contributed by atoms with Crippen LogP contribution in [0.15, 0.2) is 28.7 Å². The molecule has 0 unspecified atom stereocenters. The van der Waals surface area contributed by atoms with Gasteiger partial charge < -0.3 is 14.9 Å². The maximum absolute atomic E-state index is 5.73. The van der Waals surface area contributed by atoms with Crippen molar-refractivity contribution in [1.29, 1.82) is 0 Å². The second kappa shape index (κ2) is 5.27. The van der Waals surface area contributed by atoms with E-state index in [0.29, 0.717) is 13.2 Å². The molecule has 18 heavy (non-hydrogen) atoms. The number of benzene rings is 1. The Morgan fingerprint density at radius 1 is 1.06 bits per heavy atom. The Morgan fingerprint density at radius 2 is 1.72 bits per heavy atom. The Kier molecular flexibility index (Phi) is 3.72. The van der Waals surface area contributed by atoms with Crippen molar-refractivity contribution < 1.29 is 9.15 Å². The van der Waals surface area contributed by atoms with Gasteiger partial charge in [0.2, 0.25) is 0 Å². The number of aryl methyl sites for hydroxylation is 3. The smallest absolute Gasteiger partial charge is 0.146 e. The van der Waals surface area contributed by atoms with Crippen LogP contribution >= 0.6 is 0 Å². The van der Waals surface area contributed by atoms with Crippen LogP contribution in [-0.2, 0) is 13.2 Å². The van der Waals surface area contributed by atoms with Crippen molar-refractivity contribution in [1.82, 2.24) is 0 Å². The van der Waals surface area contributed by atoms with E-state index in [0.717, 1.165) is 22.8 Å². The number of hydrogen-bond donors (Lipinski definition) is 1. The first-order chi connectivity index (χ1) is 8.58. The topological polar surface area (TPSA) is 48.4 Å². The standard InChI is InChI=1S/C15H19NO2/c1-10-4-11(2)6-14(5-10)17-9-15-7-13(8-16)12(3)18-15/h4-7H,8-9,16H2,1-3H3. The van der Waals surface area contributed by atoms with Gasteiger partial charge in [0, 0.05) is 12.1 Å². The number of hydrogen-bond acceptors (Lipinski definition) is 3. The lowest BCUT2D eigenvalue weighted by Gasteiger charge is -2.06. The lowest BCUT2D eigenvalue weighted by molar-refractivity contribution is 0.267. The van der Waals surface area contributed by atoms with Crippen molar-refractivity contribution in [2.24, 2.45) is 5.73 Å². The minimum Gasteiger partial charge on any atom is -0.486 e. The van der Waals surface area contributed by atoms with Crippen molar-refractivity contribution in [2.75, 3.05) is 0 Å². The molecule has 0 spiro atoms. The minimum atomic E-state index is 0.434. The zero-order valence-electron chi connectivity index (χ0n) is 11.1. The molecule has 3 nitrogen and oxygen atoms in total. The molecule has 0 saturated carbocycles. The molecule has 0 radical (unpaired) electrons. The fourth-order valence-corrected chi connectivity index (χ4v) is 2.03. The summed E-state index contributed by atoms with van der Waals surface area (Å²) in [6.45, 7) is 6.97. The van der Waals surface area contributed by atoms with E-state index in [1.54, 1.807) is 0 Å². The van der Waals surface area contributed by atoms with Gasteiger partial charge in [0.15, 0.2) is 0 Å². The van der Waals surface area contributed by atoms with Crippen molar-refractivity contribution in [3.8, 4) is 5.75 Å². The second-order valence-corrected chi connectivity index (χ2v) is 4.61. The molecule has 0 saturated heterocycles. The van der Waals surface area contributed by atoms with E-state index in [1.165, 1.54) is 11.1 Å². The Balaban J connectivity index is 2.06. The average Bonchev–Trinajstić information content (AvgIpc) is 2.66. The van der Waals surface area contributed by atoms with Gasteiger partial charge in [0.1, 0.15) is 23.9 Å². The quantitative estimate of drug-likeness (QED) is 0.899. The molecule has 1 aromatic carbocycles. The molecule has 0 bridgehead atoms. The molecule has 2 rings (SSSR count). The van der Waals surface area contributed by atoms with Crippen LogP contribution in [0.25, 0.3) is 0 Å². The summed E-state index contributed by atoms with van der Waals surface area (Å²) in [4.78, 5) is 0. The number of furan rings is 1. The first-order valence-corrected chi connectivity index (χ1v) is 6.08. The van der Waals surface area contributed by atoms with Gasteiger partial charge >= 0.3 is 0 Å². The van der Waals surface area contributed by atoms with Crippen LogP contribution in [-0.4, -0.2) is 0 Å². The average molecular weight is 245 g/mol. The molecule has 3 heteroatoms. The molecule has 96 valence electrons. The fraction of sp³-hybridized carbons (Fsp3) is 0.333. The van der Waals surface area contributed by atoms with Gasteiger partial charge in [-0.25, -0.2) is 0 Å². The maximum atomic E-state index is 5.73. The summed E-state index contributed by atoms with van der Waals surface area (Å²) in [6.07, 6.45) is 0. The zero-order valence-corrected chi connectivity index (χ0v) is 11.1. The van der Waals surface area contributed by atoms with Crippen LogP contribution in [0.1, 0.15) is 28.2 Å². The van der Waals surface area contributed by atoms with Gasteiger partial charge in [-0.1, -0.05) is 6.07 Å². The van der Waals surface area contributed by atoms with Crippen LogP contribution in [0.2, 0.25) is 0 Å². The second-order valence-electron chi connectivity index (χ2n) is 4.61. The third-order valence-corrected chi connectivity index (χ3v) is 2.87. The van der Waals surface area contributed by atoms with Crippen LogP contribution in [0.3, 0.4) is 0 Å². The van der Waals surface area contributed by atoms with Gasteiger partial charge in [-0.3, -0.25) is 0 Å². The summed E-state index contributed by atoms with van der Waals surface area (Å²) in [5.74, 6) is 2.56. The van der Waals surface area contributed by atoms with E-state index in [4.69, 9.17) is 14.9 Å². The minimum absolute atomic E-state index is 0.434. The van der Waals surface area contributed by atoms with Crippen molar-refractivity contribution >= 4 is 0 Å². The molecule has 1 aromatic heterocycles. The maximum Gasteiger partial charge on any atom is 0.146 e. The highest BCUT2D eigenvalue weighted by atomic mass is 16.5. The highest BCUT2D eigenvalue weighted by molar-refractivity contribution is 5.33. The normalized spacial score (nSPS) is 10.7. The van der Waals surface area contributed by atoms with Crippen LogP contribution in [0.5, 0.6) is 5.75 Å². The van der Waals surface area contributed by atoms with Crippen LogP contribution in [0, 0.1) is 20.8 Å². The molecule has 0 aliphatic rings. The van der Waals surface area contributed by atoms with E-state index in [9.17, 15) is 0 Å². The summed E-state index contributed by atoms with van der Waals surface area (Å²) < 4.78 is 11.3. The monoisotopic (exact) mass is 245 g/mol. The van der Waals surface area contributed by atoms with Gasteiger partial charge in [0.25, 0.3) is 0 Å². The van der Waals surface area contributed by atoms with E-state index in [-0.39, 0.29) is 0 Å². The molecule has 0 fully saturated rings. The molecular weight excluding hydrogens is 226 g/mol. The Morgan fingerprint density at radius 3 is 2.28 bits per heavy atom. The Labute approximate surface area is 108 Å². The molecule has 1 heterocycles. The first-order valence-electron chi connectivity index (χ1n) is 6.08. The lowest BCUT2D eigenvalue weighted by atomic mass is 10.1. The van der Waals surface area contributed by atoms with E-state index in [2.05, 4.69) is 19.9 Å². The Bertz CT molecular complexity index is 523. The summed E-state index contributed by atoms with van der Waals surface area (Å²) >= 11 is 0. The largest absolute Gasteiger partial charge is 0.486 e. The summed E-state index contributed by atoms with van der Waals surface area (Å²) in [7, 11) is 0. The van der Waals surface area contributed by atoms with Crippen LogP contribution in [0.4, 0.5) is 0 Å². The first kappa shape index (κ1) is 12.7. The predicted octanol–water partition coefficient (Wildman–Crippen LogP) is 3.24. The van der Waals surface area contributed by atoms with E-state index in [1.807, 2.05) is 25.1 Å². The third kappa shape index (κ3) is 2.93. The predicted molar refractivity (Wildman–Crippen MR) is 71.6 cm³/mol. The third-order valence-electron chi connectivity index (χ3n) is 2.87. The number of ether oxygens (including phenoxy) is 1. The van der Waals surface area contributed by atoms with Gasteiger partial charge in [-0.15, -0.1) is 0 Å². The molecule has 2 N–H and O–H groups in total. The highest BCUT2D eigenvalue weighted by Gasteiger charge is 2.06. The molecule has 0 atom stereocenters. The number of rotatable bonds is 4. The molecule has 0 aliphatic heterocycles. The SMILES string of the molecule is Cc1cc(C)cc(OCc2cc(CN)c(C)o2)c1. The van der Waals surface area contributed by atoms with E-state index < -0.39 is 0 Å². The summed E-state index contributed by atoms with van der Waals surface area (Å²) in [6, 6.07) is 8.12. The van der Waals surface area contributed by atoms with E-state index >= 15 is 0 Å². The molecule has 2 aromatic rings. The highest BCUT2D eigenvalue weighted by Crippen LogP contribution is 2.19. The van der Waals surface area contributed by atoms with Crippen LogP contribution < -0.4 is 10.5 Å². The summed E-state index contributed by atoms with van der Waals surface area (Å²) in [5, 5.41) is 0. The fourth-order valence-electron chi connectivity index (χ4n) is 2.03. The zero-order chi connectivity index (χ0) is 13.1. The lowest BCUT2D eigenvalue weighted by Crippen LogP contribution is -1.96. The number of nitrogens with two attached hydrogens (primary N) is 1. The van der Waals surface area contributed by atoms with Crippen molar-refractivity contribution in [3.63, 3.8) is 0 Å². The van der Waals surface area contributed by atoms with Gasteiger partial charge in [-0.2, -0.15) is 0 Å². The molecule has 0 amide bonds. The van der Waals surface area contributed by atoms with Crippen molar-refractivity contribution in [3.05, 3.63) is 52.5 Å². The van der Waals surface area contributed by atoms with Gasteiger partial charge in [0.05, 0.1) is 0 Å². The van der Waals surface area contributed by atoms with Crippen molar-refractivity contribution in [2.45, 2.75) is 33.9 Å². The summed E-state index contributed by atoms with van der Waals surface area (Å²) in [5.41, 5.74) is 9.04. The molecular formula is C15H19NO2.